The van der Waals surface area contributed by atoms with Gasteiger partial charge in [0.1, 0.15) is 0 Å². The molecule has 3 aromatic heterocycles. The lowest BCUT2D eigenvalue weighted by atomic mass is 10.0. The number of hydrogen-bond acceptors (Lipinski definition) is 3. The van der Waals surface area contributed by atoms with Crippen molar-refractivity contribution >= 4 is 31.9 Å². The Bertz CT molecular complexity index is 1280. The standard InChI is InChI=1S/C27H17Br2N3/c28-24-5-1-3-18(12-24)26-9-7-20(16-31-26)22-11-23(15-30-14-22)21-8-10-27(32-17-21)19-4-2-6-25(29)13-19/h1-17H. The molecule has 2 aromatic carbocycles. The van der Waals surface area contributed by atoms with Gasteiger partial charge in [0.2, 0.25) is 0 Å². The van der Waals surface area contributed by atoms with Crippen molar-refractivity contribution in [3.8, 4) is 44.8 Å². The summed E-state index contributed by atoms with van der Waals surface area (Å²) < 4.78 is 2.08. The van der Waals surface area contributed by atoms with Crippen LogP contribution in [-0.2, 0) is 0 Å². The molecule has 3 nitrogen and oxygen atoms in total. The van der Waals surface area contributed by atoms with Gasteiger partial charge in [-0.3, -0.25) is 15.0 Å². The van der Waals surface area contributed by atoms with Gasteiger partial charge in [0, 0.05) is 67.1 Å². The van der Waals surface area contributed by atoms with Crippen LogP contribution in [0.3, 0.4) is 0 Å². The fraction of sp³-hybridized carbons (Fsp3) is 0. The van der Waals surface area contributed by atoms with Crippen LogP contribution in [-0.4, -0.2) is 15.0 Å². The monoisotopic (exact) mass is 541 g/mol. The van der Waals surface area contributed by atoms with E-state index >= 15 is 0 Å². The minimum atomic E-state index is 0.937. The van der Waals surface area contributed by atoms with E-state index < -0.39 is 0 Å². The summed E-state index contributed by atoms with van der Waals surface area (Å²) in [6.45, 7) is 0. The molecular formula is C27H17Br2N3. The van der Waals surface area contributed by atoms with Crippen molar-refractivity contribution in [2.24, 2.45) is 0 Å². The number of aromatic nitrogens is 3. The number of rotatable bonds is 4. The van der Waals surface area contributed by atoms with Gasteiger partial charge in [0.15, 0.2) is 0 Å². The van der Waals surface area contributed by atoms with Gasteiger partial charge in [0.05, 0.1) is 11.4 Å². The molecule has 0 fully saturated rings. The van der Waals surface area contributed by atoms with Crippen molar-refractivity contribution in [1.29, 1.82) is 0 Å². The molecule has 0 aliphatic heterocycles. The molecule has 0 saturated carbocycles. The Kier molecular flexibility index (Phi) is 5.93. The first-order chi connectivity index (χ1) is 15.7. The van der Waals surface area contributed by atoms with Gasteiger partial charge in [0.25, 0.3) is 0 Å². The summed E-state index contributed by atoms with van der Waals surface area (Å²) in [4.78, 5) is 13.8. The molecule has 0 spiro atoms. The average Bonchev–Trinajstić information content (AvgIpc) is 2.84. The molecular weight excluding hydrogens is 526 g/mol. The van der Waals surface area contributed by atoms with E-state index in [4.69, 9.17) is 0 Å². The Morgan fingerprint density at radius 2 is 0.938 bits per heavy atom. The molecule has 32 heavy (non-hydrogen) atoms. The Labute approximate surface area is 203 Å². The predicted octanol–water partition coefficient (Wildman–Crippen LogP) is 8.06. The molecule has 0 amide bonds. The third-order valence-corrected chi connectivity index (χ3v) is 6.16. The quantitative estimate of drug-likeness (QED) is 0.230. The highest BCUT2D eigenvalue weighted by atomic mass is 79.9. The average molecular weight is 543 g/mol. The first kappa shape index (κ1) is 20.7. The van der Waals surface area contributed by atoms with E-state index in [-0.39, 0.29) is 0 Å². The van der Waals surface area contributed by atoms with Crippen LogP contribution >= 0.6 is 31.9 Å². The fourth-order valence-corrected chi connectivity index (χ4v) is 4.32. The van der Waals surface area contributed by atoms with Gasteiger partial charge in [-0.2, -0.15) is 0 Å². The molecule has 0 bridgehead atoms. The van der Waals surface area contributed by atoms with Crippen LogP contribution < -0.4 is 0 Å². The second-order valence-electron chi connectivity index (χ2n) is 7.35. The Hall–Kier alpha value is -3.15. The van der Waals surface area contributed by atoms with E-state index in [1.54, 1.807) is 0 Å². The van der Waals surface area contributed by atoms with Crippen LogP contribution in [0.1, 0.15) is 0 Å². The number of halogens is 2. The lowest BCUT2D eigenvalue weighted by molar-refractivity contribution is 1.28. The Morgan fingerprint density at radius 1 is 0.438 bits per heavy atom. The maximum atomic E-state index is 4.66. The molecule has 3 heterocycles. The maximum Gasteiger partial charge on any atom is 0.0702 e. The smallest absolute Gasteiger partial charge is 0.0702 e. The molecule has 0 aliphatic rings. The molecule has 154 valence electrons. The summed E-state index contributed by atoms with van der Waals surface area (Å²) >= 11 is 7.04. The second kappa shape index (κ2) is 9.15. The molecule has 5 rings (SSSR count). The van der Waals surface area contributed by atoms with E-state index in [0.29, 0.717) is 0 Å². The van der Waals surface area contributed by atoms with Crippen LogP contribution in [0.25, 0.3) is 44.8 Å². The van der Waals surface area contributed by atoms with Gasteiger partial charge in [-0.25, -0.2) is 0 Å². The number of nitrogens with zero attached hydrogens (tertiary/aromatic N) is 3. The summed E-state index contributed by atoms with van der Waals surface area (Å²) in [6.07, 6.45) is 7.52. The van der Waals surface area contributed by atoms with E-state index in [1.165, 1.54) is 0 Å². The summed E-state index contributed by atoms with van der Waals surface area (Å²) in [6, 6.07) is 26.6. The molecule has 0 aliphatic carbocycles. The van der Waals surface area contributed by atoms with Crippen LogP contribution in [0.15, 0.2) is 113 Å². The number of benzene rings is 2. The third-order valence-electron chi connectivity index (χ3n) is 5.17. The van der Waals surface area contributed by atoms with Gasteiger partial charge < -0.3 is 0 Å². The second-order valence-corrected chi connectivity index (χ2v) is 9.18. The molecule has 5 heteroatoms. The van der Waals surface area contributed by atoms with Gasteiger partial charge in [-0.05, 0) is 42.5 Å². The first-order valence-corrected chi connectivity index (χ1v) is 11.6. The summed E-state index contributed by atoms with van der Waals surface area (Å²) in [5, 5.41) is 0. The Balaban J connectivity index is 1.41. The van der Waals surface area contributed by atoms with Crippen LogP contribution in [0.5, 0.6) is 0 Å². The predicted molar refractivity (Wildman–Crippen MR) is 137 cm³/mol. The van der Waals surface area contributed by atoms with E-state index in [2.05, 4.69) is 89.3 Å². The lowest BCUT2D eigenvalue weighted by Gasteiger charge is -2.08. The highest BCUT2D eigenvalue weighted by molar-refractivity contribution is 9.10. The molecule has 0 radical (unpaired) electrons. The third kappa shape index (κ3) is 4.54. The zero-order valence-corrected chi connectivity index (χ0v) is 20.1. The Morgan fingerprint density at radius 3 is 1.34 bits per heavy atom. The molecule has 0 N–H and O–H groups in total. The largest absolute Gasteiger partial charge is 0.263 e. The summed E-state index contributed by atoms with van der Waals surface area (Å²) in [5.41, 5.74) is 8.12. The number of hydrogen-bond donors (Lipinski definition) is 0. The SMILES string of the molecule is Brc1cccc(-c2ccc(-c3cncc(-c4ccc(-c5cccc(Br)c5)nc4)c3)cn2)c1. The van der Waals surface area contributed by atoms with Crippen LogP contribution in [0, 0.1) is 0 Å². The van der Waals surface area contributed by atoms with Crippen molar-refractivity contribution in [1.82, 2.24) is 15.0 Å². The lowest BCUT2D eigenvalue weighted by Crippen LogP contribution is -1.89. The fourth-order valence-electron chi connectivity index (χ4n) is 3.52. The van der Waals surface area contributed by atoms with Gasteiger partial charge in [-0.15, -0.1) is 0 Å². The summed E-state index contributed by atoms with van der Waals surface area (Å²) in [5.74, 6) is 0. The molecule has 0 unspecified atom stereocenters. The first-order valence-electron chi connectivity index (χ1n) is 10.1. The van der Waals surface area contributed by atoms with Gasteiger partial charge in [-0.1, -0.05) is 68.3 Å². The van der Waals surface area contributed by atoms with Gasteiger partial charge >= 0.3 is 0 Å². The molecule has 5 aromatic rings. The maximum absolute atomic E-state index is 4.66. The van der Waals surface area contributed by atoms with Crippen molar-refractivity contribution in [3.63, 3.8) is 0 Å². The van der Waals surface area contributed by atoms with Crippen molar-refractivity contribution in [3.05, 3.63) is 113 Å². The topological polar surface area (TPSA) is 38.7 Å². The van der Waals surface area contributed by atoms with E-state index in [9.17, 15) is 0 Å². The van der Waals surface area contributed by atoms with Crippen LogP contribution in [0.4, 0.5) is 0 Å². The minimum Gasteiger partial charge on any atom is -0.263 e. The van der Waals surface area contributed by atoms with Crippen LogP contribution in [0.2, 0.25) is 0 Å². The normalized spacial score (nSPS) is 10.8. The number of pyridine rings is 3. The van der Waals surface area contributed by atoms with Crippen molar-refractivity contribution in [2.45, 2.75) is 0 Å². The molecule has 0 atom stereocenters. The van der Waals surface area contributed by atoms with E-state index in [0.717, 1.165) is 53.7 Å². The zero-order chi connectivity index (χ0) is 21.9. The highest BCUT2D eigenvalue weighted by Gasteiger charge is 2.07. The highest BCUT2D eigenvalue weighted by Crippen LogP contribution is 2.28. The van der Waals surface area contributed by atoms with Crippen molar-refractivity contribution < 1.29 is 0 Å². The summed E-state index contributed by atoms with van der Waals surface area (Å²) in [7, 11) is 0. The van der Waals surface area contributed by atoms with E-state index in [1.807, 2.05) is 61.2 Å². The van der Waals surface area contributed by atoms with Crippen molar-refractivity contribution in [2.75, 3.05) is 0 Å². The zero-order valence-electron chi connectivity index (χ0n) is 16.9. The minimum absolute atomic E-state index is 0.937. The molecule has 0 saturated heterocycles.